The van der Waals surface area contributed by atoms with Crippen LogP contribution >= 0.6 is 0 Å². The van der Waals surface area contributed by atoms with Gasteiger partial charge in [0.05, 0.1) is 4.90 Å². The van der Waals surface area contributed by atoms with Crippen molar-refractivity contribution < 1.29 is 12.8 Å². The van der Waals surface area contributed by atoms with Gasteiger partial charge in [-0.2, -0.15) is 4.72 Å². The van der Waals surface area contributed by atoms with Gasteiger partial charge in [0.2, 0.25) is 10.0 Å². The van der Waals surface area contributed by atoms with Crippen LogP contribution in [0.5, 0.6) is 0 Å². The Kier molecular flexibility index (Phi) is 3.30. The third kappa shape index (κ3) is 2.09. The van der Waals surface area contributed by atoms with E-state index in [1.165, 1.54) is 12.1 Å². The maximum atomic E-state index is 13.4. The molecule has 0 unspecified atom stereocenters. The van der Waals surface area contributed by atoms with E-state index in [0.29, 0.717) is 11.1 Å². The Bertz CT molecular complexity index is 1000. The van der Waals surface area contributed by atoms with Crippen LogP contribution in [0.1, 0.15) is 16.7 Å². The lowest BCUT2D eigenvalue weighted by Crippen LogP contribution is -2.41. The highest BCUT2D eigenvalue weighted by Gasteiger charge is 2.48. The van der Waals surface area contributed by atoms with Crippen molar-refractivity contribution in [1.82, 2.24) is 4.72 Å². The number of fused-ring (bicyclic) bond motifs is 1. The van der Waals surface area contributed by atoms with Gasteiger partial charge < -0.3 is 0 Å². The molecule has 120 valence electrons. The van der Waals surface area contributed by atoms with Crippen LogP contribution in [0.4, 0.5) is 4.39 Å². The number of rotatable bonds is 2. The predicted molar refractivity (Wildman–Crippen MR) is 89.5 cm³/mol. The molecular weight excluding hydrogens is 325 g/mol. The molecule has 0 amide bonds. The van der Waals surface area contributed by atoms with Gasteiger partial charge in [0.1, 0.15) is 11.4 Å². The summed E-state index contributed by atoms with van der Waals surface area (Å²) in [5.74, 6) is -0.365. The van der Waals surface area contributed by atoms with Crippen LogP contribution in [-0.4, -0.2) is 8.42 Å². The van der Waals surface area contributed by atoms with Crippen molar-refractivity contribution in [1.29, 1.82) is 0 Å². The Hall–Kier alpha value is -2.50. The second-order valence-electron chi connectivity index (χ2n) is 5.72. The molecule has 0 fully saturated rings. The lowest BCUT2D eigenvalue weighted by atomic mass is 9.78. The molecule has 1 N–H and O–H groups in total. The van der Waals surface area contributed by atoms with Crippen LogP contribution in [0.2, 0.25) is 0 Å². The van der Waals surface area contributed by atoms with Crippen molar-refractivity contribution in [2.45, 2.75) is 10.4 Å². The molecule has 1 atom stereocenters. The Morgan fingerprint density at radius 3 is 2.04 bits per heavy atom. The van der Waals surface area contributed by atoms with E-state index in [1.54, 1.807) is 30.3 Å². The van der Waals surface area contributed by atoms with Crippen LogP contribution in [0, 0.1) is 5.82 Å². The SMILES string of the molecule is O=S1(=O)N[C@](c2ccccc2)(c2ccc(F)cc2)c2ccccc21. The van der Waals surface area contributed by atoms with E-state index in [9.17, 15) is 12.8 Å². The topological polar surface area (TPSA) is 46.2 Å². The molecule has 24 heavy (non-hydrogen) atoms. The minimum Gasteiger partial charge on any atom is -0.207 e. The van der Waals surface area contributed by atoms with Gasteiger partial charge in [-0.15, -0.1) is 0 Å². The fourth-order valence-electron chi connectivity index (χ4n) is 3.31. The number of hydrogen-bond acceptors (Lipinski definition) is 2. The standard InChI is InChI=1S/C19H14FNO2S/c20-16-12-10-15(11-13-16)19(14-6-2-1-3-7-14)17-8-4-5-9-18(17)24(22,23)21-19/h1-13,21H/t19-/m1/s1. The smallest absolute Gasteiger partial charge is 0.207 e. The molecule has 3 nitrogen and oxygen atoms in total. The summed E-state index contributed by atoms with van der Waals surface area (Å²) in [6.07, 6.45) is 0. The molecule has 0 saturated heterocycles. The first-order valence-corrected chi connectivity index (χ1v) is 8.97. The normalized spacial score (nSPS) is 21.4. The largest absolute Gasteiger partial charge is 0.242 e. The fourth-order valence-corrected chi connectivity index (χ4v) is 4.93. The summed E-state index contributed by atoms with van der Waals surface area (Å²) in [5.41, 5.74) is 1.03. The van der Waals surface area contributed by atoms with Crippen molar-refractivity contribution in [3.63, 3.8) is 0 Å². The fraction of sp³-hybridized carbons (Fsp3) is 0.0526. The quantitative estimate of drug-likeness (QED) is 0.778. The molecule has 1 aliphatic heterocycles. The maximum Gasteiger partial charge on any atom is 0.242 e. The van der Waals surface area contributed by atoms with Gasteiger partial charge in [-0.25, -0.2) is 12.8 Å². The highest BCUT2D eigenvalue weighted by molar-refractivity contribution is 7.90. The molecule has 0 spiro atoms. The summed E-state index contributed by atoms with van der Waals surface area (Å²) in [6, 6.07) is 22.1. The van der Waals surface area contributed by atoms with Gasteiger partial charge in [0.25, 0.3) is 0 Å². The molecular formula is C19H14FNO2S. The molecule has 0 saturated carbocycles. The lowest BCUT2D eigenvalue weighted by molar-refractivity contribution is 0.551. The number of nitrogens with one attached hydrogen (secondary N) is 1. The first kappa shape index (κ1) is 15.1. The molecule has 1 aliphatic rings. The van der Waals surface area contributed by atoms with E-state index in [1.807, 2.05) is 36.4 Å². The third-order valence-electron chi connectivity index (χ3n) is 4.35. The van der Waals surface area contributed by atoms with Crippen molar-refractivity contribution in [2.24, 2.45) is 0 Å². The van der Waals surface area contributed by atoms with Gasteiger partial charge in [-0.05, 0) is 29.3 Å². The first-order chi connectivity index (χ1) is 11.5. The van der Waals surface area contributed by atoms with Crippen molar-refractivity contribution in [3.8, 4) is 0 Å². The second kappa shape index (κ2) is 5.26. The van der Waals surface area contributed by atoms with Crippen LogP contribution < -0.4 is 4.72 Å². The zero-order valence-electron chi connectivity index (χ0n) is 12.6. The summed E-state index contributed by atoms with van der Waals surface area (Å²) in [5, 5.41) is 0. The summed E-state index contributed by atoms with van der Waals surface area (Å²) in [6.45, 7) is 0. The zero-order chi connectivity index (χ0) is 16.8. The van der Waals surface area contributed by atoms with Crippen molar-refractivity contribution in [2.75, 3.05) is 0 Å². The monoisotopic (exact) mass is 339 g/mol. The summed E-state index contributed by atoms with van der Waals surface area (Å²) in [4.78, 5) is 0.248. The van der Waals surface area contributed by atoms with E-state index in [-0.39, 0.29) is 10.7 Å². The average Bonchev–Trinajstić information content (AvgIpc) is 2.86. The van der Waals surface area contributed by atoms with E-state index in [4.69, 9.17) is 0 Å². The Balaban J connectivity index is 2.10. The molecule has 0 aliphatic carbocycles. The van der Waals surface area contributed by atoms with Crippen LogP contribution in [-0.2, 0) is 15.6 Å². The highest BCUT2D eigenvalue weighted by atomic mass is 32.2. The summed E-state index contributed by atoms with van der Waals surface area (Å²) < 4.78 is 41.6. The van der Waals surface area contributed by atoms with E-state index >= 15 is 0 Å². The maximum absolute atomic E-state index is 13.4. The third-order valence-corrected chi connectivity index (χ3v) is 5.86. The first-order valence-electron chi connectivity index (χ1n) is 7.49. The average molecular weight is 339 g/mol. The van der Waals surface area contributed by atoms with E-state index in [2.05, 4.69) is 4.72 Å². The van der Waals surface area contributed by atoms with Crippen molar-refractivity contribution >= 4 is 10.0 Å². The van der Waals surface area contributed by atoms with E-state index < -0.39 is 15.6 Å². The number of sulfonamides is 1. The number of halogens is 1. The van der Waals surface area contributed by atoms with Crippen LogP contribution in [0.15, 0.2) is 83.8 Å². The lowest BCUT2D eigenvalue weighted by Gasteiger charge is -2.31. The second-order valence-corrected chi connectivity index (χ2v) is 7.38. The zero-order valence-corrected chi connectivity index (χ0v) is 13.4. The molecule has 5 heteroatoms. The van der Waals surface area contributed by atoms with Gasteiger partial charge in [-0.1, -0.05) is 60.7 Å². The van der Waals surface area contributed by atoms with Crippen LogP contribution in [0.3, 0.4) is 0 Å². The van der Waals surface area contributed by atoms with Gasteiger partial charge >= 0.3 is 0 Å². The summed E-state index contributed by atoms with van der Waals surface area (Å²) >= 11 is 0. The predicted octanol–water partition coefficient (Wildman–Crippen LogP) is 3.41. The van der Waals surface area contributed by atoms with Crippen molar-refractivity contribution in [3.05, 3.63) is 101 Å². The van der Waals surface area contributed by atoms with Gasteiger partial charge in [0.15, 0.2) is 0 Å². The molecule has 3 aromatic rings. The van der Waals surface area contributed by atoms with E-state index in [0.717, 1.165) is 5.56 Å². The minimum atomic E-state index is -3.66. The number of hydrogen-bond donors (Lipinski definition) is 1. The molecule has 4 rings (SSSR count). The molecule has 1 heterocycles. The highest BCUT2D eigenvalue weighted by Crippen LogP contribution is 2.45. The Labute approximate surface area is 139 Å². The van der Waals surface area contributed by atoms with Gasteiger partial charge in [0, 0.05) is 5.56 Å². The molecule has 0 aromatic heterocycles. The summed E-state index contributed by atoms with van der Waals surface area (Å²) in [7, 11) is -3.66. The molecule has 0 radical (unpaired) electrons. The van der Waals surface area contributed by atoms with Gasteiger partial charge in [-0.3, -0.25) is 0 Å². The molecule has 3 aromatic carbocycles. The van der Waals surface area contributed by atoms with Crippen LogP contribution in [0.25, 0.3) is 0 Å². The number of benzene rings is 3. The Morgan fingerprint density at radius 2 is 1.33 bits per heavy atom. The Morgan fingerprint density at radius 1 is 0.750 bits per heavy atom. The minimum absolute atomic E-state index is 0.248. The molecule has 0 bridgehead atoms.